The largest absolute Gasteiger partial charge is 0.497 e. The van der Waals surface area contributed by atoms with Crippen LogP contribution in [0, 0.1) is 0 Å². The molecule has 0 aliphatic carbocycles. The minimum atomic E-state index is 0.00515. The van der Waals surface area contributed by atoms with Gasteiger partial charge in [-0.25, -0.2) is 0 Å². The molecule has 0 aliphatic rings. The van der Waals surface area contributed by atoms with E-state index >= 15 is 0 Å². The second-order valence-electron chi connectivity index (χ2n) is 4.05. The molecular weight excluding hydrogens is 246 g/mol. The summed E-state index contributed by atoms with van der Waals surface area (Å²) in [5.74, 6) is 2.19. The Morgan fingerprint density at radius 1 is 1.32 bits per heavy atom. The molecular formula is C12H17N5O2. The van der Waals surface area contributed by atoms with Gasteiger partial charge in [-0.3, -0.25) is 0 Å². The van der Waals surface area contributed by atoms with E-state index in [1.165, 1.54) is 0 Å². The summed E-state index contributed by atoms with van der Waals surface area (Å²) < 4.78 is 10.5. The predicted molar refractivity (Wildman–Crippen MR) is 69.0 cm³/mol. The van der Waals surface area contributed by atoms with Crippen molar-refractivity contribution in [1.82, 2.24) is 25.9 Å². The fraction of sp³-hybridized carbons (Fsp3) is 0.417. The fourth-order valence-corrected chi connectivity index (χ4v) is 1.71. The third-order valence-electron chi connectivity index (χ3n) is 2.84. The van der Waals surface area contributed by atoms with E-state index in [4.69, 9.17) is 9.47 Å². The first-order chi connectivity index (χ1) is 9.24. The lowest BCUT2D eigenvalue weighted by Gasteiger charge is -2.13. The number of ether oxygens (including phenoxy) is 2. The Bertz CT molecular complexity index is 515. The van der Waals surface area contributed by atoms with Crippen molar-refractivity contribution >= 4 is 0 Å². The fourth-order valence-electron chi connectivity index (χ4n) is 1.71. The Morgan fingerprint density at radius 2 is 2.16 bits per heavy atom. The summed E-state index contributed by atoms with van der Waals surface area (Å²) in [4.78, 5) is 0. The topological polar surface area (TPSA) is 85.0 Å². The number of rotatable bonds is 6. The van der Waals surface area contributed by atoms with Crippen LogP contribution in [-0.2, 0) is 6.54 Å². The van der Waals surface area contributed by atoms with Crippen LogP contribution in [0.25, 0.3) is 0 Å². The first-order valence-corrected chi connectivity index (χ1v) is 5.92. The molecule has 2 N–H and O–H groups in total. The Balaban J connectivity index is 2.03. The van der Waals surface area contributed by atoms with Gasteiger partial charge in [0.15, 0.2) is 5.82 Å². The molecule has 0 radical (unpaired) electrons. The maximum Gasteiger partial charge on any atom is 0.191 e. The molecule has 1 heterocycles. The highest BCUT2D eigenvalue weighted by molar-refractivity contribution is 5.40. The molecule has 0 saturated carbocycles. The standard InChI is InChI=1S/C12H17N5O2/c1-8(12-14-16-17-15-12)13-7-9-4-5-10(18-2)6-11(9)19-3/h4-6,8,13H,7H2,1-3H3,(H,14,15,16,17). The number of hydrogen-bond acceptors (Lipinski definition) is 6. The number of methoxy groups -OCH3 is 2. The highest BCUT2D eigenvalue weighted by Crippen LogP contribution is 2.24. The average Bonchev–Trinajstić information content (AvgIpc) is 2.98. The normalized spacial score (nSPS) is 12.2. The summed E-state index contributed by atoms with van der Waals surface area (Å²) in [6.45, 7) is 2.61. The maximum atomic E-state index is 5.34. The van der Waals surface area contributed by atoms with Crippen LogP contribution >= 0.6 is 0 Å². The number of benzene rings is 1. The Morgan fingerprint density at radius 3 is 2.79 bits per heavy atom. The Kier molecular flexibility index (Phi) is 4.30. The van der Waals surface area contributed by atoms with Gasteiger partial charge in [-0.05, 0) is 13.0 Å². The van der Waals surface area contributed by atoms with E-state index in [1.807, 2.05) is 25.1 Å². The lowest BCUT2D eigenvalue weighted by atomic mass is 10.1. The molecule has 0 fully saturated rings. The van der Waals surface area contributed by atoms with E-state index in [-0.39, 0.29) is 6.04 Å². The third-order valence-corrected chi connectivity index (χ3v) is 2.84. The number of tetrazole rings is 1. The number of nitrogens with zero attached hydrogens (tertiary/aromatic N) is 3. The molecule has 1 aromatic carbocycles. The van der Waals surface area contributed by atoms with Crippen molar-refractivity contribution in [3.05, 3.63) is 29.6 Å². The van der Waals surface area contributed by atoms with Crippen molar-refractivity contribution in [2.75, 3.05) is 14.2 Å². The molecule has 1 aromatic heterocycles. The van der Waals surface area contributed by atoms with Crippen LogP contribution < -0.4 is 14.8 Å². The minimum absolute atomic E-state index is 0.00515. The van der Waals surface area contributed by atoms with Crippen LogP contribution in [0.4, 0.5) is 0 Å². The van der Waals surface area contributed by atoms with Crippen LogP contribution in [0.15, 0.2) is 18.2 Å². The highest BCUT2D eigenvalue weighted by Gasteiger charge is 2.11. The summed E-state index contributed by atoms with van der Waals surface area (Å²) in [5, 5.41) is 17.2. The van der Waals surface area contributed by atoms with Crippen LogP contribution in [0.5, 0.6) is 11.5 Å². The van der Waals surface area contributed by atoms with Crippen molar-refractivity contribution < 1.29 is 9.47 Å². The second kappa shape index (κ2) is 6.14. The van der Waals surface area contributed by atoms with Gasteiger partial charge in [0, 0.05) is 18.2 Å². The van der Waals surface area contributed by atoms with Crippen molar-refractivity contribution in [1.29, 1.82) is 0 Å². The van der Waals surface area contributed by atoms with E-state index < -0.39 is 0 Å². The Labute approximate surface area is 111 Å². The van der Waals surface area contributed by atoms with Crippen LogP contribution in [0.3, 0.4) is 0 Å². The SMILES string of the molecule is COc1ccc(CNC(C)c2nn[nH]n2)c(OC)c1. The molecule has 0 amide bonds. The van der Waals surface area contributed by atoms with Crippen molar-refractivity contribution in [2.45, 2.75) is 19.5 Å². The zero-order chi connectivity index (χ0) is 13.7. The third kappa shape index (κ3) is 3.19. The first kappa shape index (κ1) is 13.3. The molecule has 2 aromatic rings. The quantitative estimate of drug-likeness (QED) is 0.811. The summed E-state index contributed by atoms with van der Waals surface area (Å²) in [6, 6.07) is 5.73. The Hall–Kier alpha value is -2.15. The summed E-state index contributed by atoms with van der Waals surface area (Å²) in [7, 11) is 3.27. The van der Waals surface area contributed by atoms with Gasteiger partial charge in [0.2, 0.25) is 0 Å². The van der Waals surface area contributed by atoms with E-state index in [0.29, 0.717) is 12.4 Å². The minimum Gasteiger partial charge on any atom is -0.497 e. The molecule has 7 nitrogen and oxygen atoms in total. The predicted octanol–water partition coefficient (Wildman–Crippen LogP) is 1.07. The smallest absolute Gasteiger partial charge is 0.191 e. The van der Waals surface area contributed by atoms with Crippen LogP contribution in [-0.4, -0.2) is 34.8 Å². The lowest BCUT2D eigenvalue weighted by molar-refractivity contribution is 0.388. The number of hydrogen-bond donors (Lipinski definition) is 2. The van der Waals surface area contributed by atoms with Crippen LogP contribution in [0.1, 0.15) is 24.4 Å². The summed E-state index contributed by atoms with van der Waals surface area (Å²) in [5.41, 5.74) is 1.04. The number of aromatic amines is 1. The van der Waals surface area contributed by atoms with E-state index in [1.54, 1.807) is 14.2 Å². The molecule has 19 heavy (non-hydrogen) atoms. The van der Waals surface area contributed by atoms with Gasteiger partial charge in [0.25, 0.3) is 0 Å². The van der Waals surface area contributed by atoms with Gasteiger partial charge < -0.3 is 14.8 Å². The van der Waals surface area contributed by atoms with E-state index in [2.05, 4.69) is 25.9 Å². The molecule has 102 valence electrons. The van der Waals surface area contributed by atoms with Gasteiger partial charge in [0.05, 0.1) is 20.3 Å². The molecule has 2 rings (SSSR count). The molecule has 0 bridgehead atoms. The monoisotopic (exact) mass is 263 g/mol. The van der Waals surface area contributed by atoms with Crippen molar-refractivity contribution in [3.63, 3.8) is 0 Å². The first-order valence-electron chi connectivity index (χ1n) is 5.92. The summed E-state index contributed by atoms with van der Waals surface area (Å²) in [6.07, 6.45) is 0. The highest BCUT2D eigenvalue weighted by atomic mass is 16.5. The molecule has 0 saturated heterocycles. The van der Waals surface area contributed by atoms with Crippen molar-refractivity contribution in [3.8, 4) is 11.5 Å². The van der Waals surface area contributed by atoms with Gasteiger partial charge >= 0.3 is 0 Å². The van der Waals surface area contributed by atoms with Gasteiger partial charge in [0.1, 0.15) is 11.5 Å². The summed E-state index contributed by atoms with van der Waals surface area (Å²) >= 11 is 0. The van der Waals surface area contributed by atoms with Crippen LogP contribution in [0.2, 0.25) is 0 Å². The number of nitrogens with one attached hydrogen (secondary N) is 2. The van der Waals surface area contributed by atoms with Gasteiger partial charge in [-0.1, -0.05) is 11.3 Å². The molecule has 1 atom stereocenters. The van der Waals surface area contributed by atoms with E-state index in [0.717, 1.165) is 17.1 Å². The zero-order valence-electron chi connectivity index (χ0n) is 11.2. The molecule has 0 aliphatic heterocycles. The van der Waals surface area contributed by atoms with Crippen molar-refractivity contribution in [2.24, 2.45) is 0 Å². The zero-order valence-corrected chi connectivity index (χ0v) is 11.2. The van der Waals surface area contributed by atoms with Gasteiger partial charge in [-0.15, -0.1) is 10.2 Å². The van der Waals surface area contributed by atoms with E-state index in [9.17, 15) is 0 Å². The molecule has 1 unspecified atom stereocenters. The number of aromatic nitrogens is 4. The molecule has 0 spiro atoms. The maximum absolute atomic E-state index is 5.34. The average molecular weight is 263 g/mol. The lowest BCUT2D eigenvalue weighted by Crippen LogP contribution is -2.19. The molecule has 7 heteroatoms. The van der Waals surface area contributed by atoms with Gasteiger partial charge in [-0.2, -0.15) is 5.21 Å². The second-order valence-corrected chi connectivity index (χ2v) is 4.05. The number of H-pyrrole nitrogens is 1.